The van der Waals surface area contributed by atoms with Crippen molar-refractivity contribution in [2.24, 2.45) is 0 Å². The highest BCUT2D eigenvalue weighted by Crippen LogP contribution is 2.45. The van der Waals surface area contributed by atoms with E-state index < -0.39 is 5.91 Å². The van der Waals surface area contributed by atoms with Gasteiger partial charge in [0.1, 0.15) is 29.2 Å². The maximum atomic E-state index is 13.1. The van der Waals surface area contributed by atoms with E-state index in [1.165, 1.54) is 17.0 Å². The summed E-state index contributed by atoms with van der Waals surface area (Å²) >= 11 is 0. The molecule has 1 aliphatic heterocycles. The van der Waals surface area contributed by atoms with Crippen LogP contribution in [0.1, 0.15) is 30.1 Å². The number of aromatic hydroxyl groups is 3. The molecule has 0 fully saturated rings. The third-order valence-corrected chi connectivity index (χ3v) is 4.42. The summed E-state index contributed by atoms with van der Waals surface area (Å²) in [4.78, 5) is 25.1. The Morgan fingerprint density at radius 1 is 1.15 bits per heavy atom. The van der Waals surface area contributed by atoms with Crippen molar-refractivity contribution < 1.29 is 24.9 Å². The normalized spacial score (nSPS) is 13.4. The van der Waals surface area contributed by atoms with E-state index in [1.807, 2.05) is 13.0 Å². The van der Waals surface area contributed by atoms with Crippen molar-refractivity contribution in [3.05, 3.63) is 47.5 Å². The molecule has 0 saturated carbocycles. The predicted molar refractivity (Wildman–Crippen MR) is 102 cm³/mol. The Morgan fingerprint density at radius 2 is 1.93 bits per heavy atom. The van der Waals surface area contributed by atoms with Gasteiger partial charge in [-0.05, 0) is 25.5 Å². The minimum atomic E-state index is -0.392. The zero-order valence-corrected chi connectivity index (χ0v) is 14.8. The summed E-state index contributed by atoms with van der Waals surface area (Å²) < 4.78 is 0. The number of fused-ring (bicyclic) bond motifs is 2. The van der Waals surface area contributed by atoms with Crippen LogP contribution >= 0.6 is 0 Å². The molecule has 0 aromatic heterocycles. The molecule has 1 amide bonds. The van der Waals surface area contributed by atoms with Gasteiger partial charge in [0.2, 0.25) is 0 Å². The number of hydrogen-bond donors (Lipinski definition) is 4. The van der Waals surface area contributed by atoms with E-state index in [4.69, 9.17) is 0 Å². The lowest BCUT2D eigenvalue weighted by Gasteiger charge is -2.22. The fraction of sp³-hybridized carbons (Fsp3) is 0.200. The van der Waals surface area contributed by atoms with Crippen LogP contribution in [0.15, 0.2) is 42.0 Å². The Bertz CT molecular complexity index is 936. The molecule has 0 radical (unpaired) electrons. The quantitative estimate of drug-likeness (QED) is 0.279. The van der Waals surface area contributed by atoms with Crippen LogP contribution in [0.3, 0.4) is 0 Å². The monoisotopic (exact) mass is 368 g/mol. The van der Waals surface area contributed by atoms with Gasteiger partial charge in [0.05, 0.1) is 16.9 Å². The highest BCUT2D eigenvalue weighted by molar-refractivity contribution is 6.15. The van der Waals surface area contributed by atoms with Crippen LogP contribution in [0.25, 0.3) is 0 Å². The summed E-state index contributed by atoms with van der Waals surface area (Å²) in [5.74, 6) is -0.960. The van der Waals surface area contributed by atoms with Crippen LogP contribution in [0.5, 0.6) is 17.2 Å². The lowest BCUT2D eigenvalue weighted by molar-refractivity contribution is -0.107. The third-order valence-electron chi connectivity index (χ3n) is 4.42. The maximum absolute atomic E-state index is 13.1. The van der Waals surface area contributed by atoms with Crippen LogP contribution in [-0.4, -0.2) is 34.1 Å². The zero-order valence-electron chi connectivity index (χ0n) is 14.8. The number of allylic oxidation sites excluding steroid dienone is 1. The molecule has 0 spiro atoms. The summed E-state index contributed by atoms with van der Waals surface area (Å²) in [5, 5.41) is 33.3. The molecule has 1 heterocycles. The fourth-order valence-electron chi connectivity index (χ4n) is 2.98. The SMILES string of the molecule is C/C(=C\CN1C(=O)c2cccc(O)c2Nc2c(O)cc(O)cc21)CCC=O. The molecule has 7 nitrogen and oxygen atoms in total. The molecule has 0 unspecified atom stereocenters. The number of nitrogens with zero attached hydrogens (tertiary/aromatic N) is 1. The maximum Gasteiger partial charge on any atom is 0.260 e. The molecule has 3 rings (SSSR count). The van der Waals surface area contributed by atoms with Gasteiger partial charge in [-0.25, -0.2) is 0 Å². The number of anilines is 3. The molecule has 7 heteroatoms. The first-order chi connectivity index (χ1) is 12.9. The number of carbonyl (C=O) groups excluding carboxylic acids is 2. The third kappa shape index (κ3) is 3.57. The van der Waals surface area contributed by atoms with Crippen LogP contribution in [0.4, 0.5) is 17.1 Å². The number of hydrogen-bond acceptors (Lipinski definition) is 6. The van der Waals surface area contributed by atoms with E-state index in [9.17, 15) is 24.9 Å². The number of phenolic OH excluding ortho intramolecular Hbond substituents is 3. The Morgan fingerprint density at radius 3 is 2.67 bits per heavy atom. The number of aldehydes is 1. The summed E-state index contributed by atoms with van der Waals surface area (Å²) in [7, 11) is 0. The average molecular weight is 368 g/mol. The molecule has 2 aromatic carbocycles. The number of phenols is 3. The molecule has 1 aliphatic rings. The van der Waals surface area contributed by atoms with Gasteiger partial charge < -0.3 is 30.3 Å². The van der Waals surface area contributed by atoms with Crippen molar-refractivity contribution in [3.8, 4) is 17.2 Å². The van der Waals surface area contributed by atoms with E-state index in [1.54, 1.807) is 12.1 Å². The summed E-state index contributed by atoms with van der Waals surface area (Å²) in [6, 6.07) is 7.10. The molecular weight excluding hydrogens is 348 g/mol. The van der Waals surface area contributed by atoms with Crippen molar-refractivity contribution in [1.82, 2.24) is 0 Å². The lowest BCUT2D eigenvalue weighted by atomic mass is 10.1. The molecule has 0 aliphatic carbocycles. The largest absolute Gasteiger partial charge is 0.508 e. The highest BCUT2D eigenvalue weighted by atomic mass is 16.3. The van der Waals surface area contributed by atoms with E-state index in [2.05, 4.69) is 5.32 Å². The topological polar surface area (TPSA) is 110 Å². The van der Waals surface area contributed by atoms with Gasteiger partial charge in [0.25, 0.3) is 5.91 Å². The number of carbonyl (C=O) groups is 2. The van der Waals surface area contributed by atoms with Gasteiger partial charge >= 0.3 is 0 Å². The van der Waals surface area contributed by atoms with Gasteiger partial charge in [0, 0.05) is 25.1 Å². The van der Waals surface area contributed by atoms with Crippen molar-refractivity contribution in [2.45, 2.75) is 19.8 Å². The van der Waals surface area contributed by atoms with Gasteiger partial charge in [-0.1, -0.05) is 17.7 Å². The first-order valence-corrected chi connectivity index (χ1v) is 8.48. The first-order valence-electron chi connectivity index (χ1n) is 8.48. The smallest absolute Gasteiger partial charge is 0.260 e. The number of para-hydroxylation sites is 1. The van der Waals surface area contributed by atoms with Crippen molar-refractivity contribution >= 4 is 29.3 Å². The number of benzene rings is 2. The first kappa shape index (κ1) is 18.3. The van der Waals surface area contributed by atoms with E-state index >= 15 is 0 Å². The second-order valence-electron chi connectivity index (χ2n) is 6.36. The second-order valence-corrected chi connectivity index (χ2v) is 6.36. The summed E-state index contributed by atoms with van der Waals surface area (Å²) in [6.45, 7) is 2.04. The second kappa shape index (κ2) is 7.41. The van der Waals surface area contributed by atoms with Crippen LogP contribution in [0.2, 0.25) is 0 Å². The van der Waals surface area contributed by atoms with Gasteiger partial charge in [-0.3, -0.25) is 4.79 Å². The van der Waals surface area contributed by atoms with Crippen molar-refractivity contribution in [3.63, 3.8) is 0 Å². The minimum absolute atomic E-state index is 0.126. The van der Waals surface area contributed by atoms with Crippen LogP contribution in [-0.2, 0) is 4.79 Å². The van der Waals surface area contributed by atoms with Crippen molar-refractivity contribution in [2.75, 3.05) is 16.8 Å². The average Bonchev–Trinajstić information content (AvgIpc) is 2.74. The Hall–Kier alpha value is -3.48. The number of rotatable bonds is 5. The number of amides is 1. The van der Waals surface area contributed by atoms with Gasteiger partial charge in [-0.15, -0.1) is 0 Å². The van der Waals surface area contributed by atoms with Crippen LogP contribution < -0.4 is 10.2 Å². The number of nitrogens with one attached hydrogen (secondary N) is 1. The lowest BCUT2D eigenvalue weighted by Crippen LogP contribution is -2.30. The van der Waals surface area contributed by atoms with E-state index in [0.29, 0.717) is 12.8 Å². The molecule has 2 aromatic rings. The molecule has 0 saturated heterocycles. The minimum Gasteiger partial charge on any atom is -0.508 e. The molecule has 27 heavy (non-hydrogen) atoms. The fourth-order valence-corrected chi connectivity index (χ4v) is 2.98. The predicted octanol–water partition coefficient (Wildman–Crippen LogP) is 3.43. The van der Waals surface area contributed by atoms with Crippen molar-refractivity contribution in [1.29, 1.82) is 0 Å². The molecule has 140 valence electrons. The summed E-state index contributed by atoms with van der Waals surface area (Å²) in [5.41, 5.74) is 1.86. The van der Waals surface area contributed by atoms with Gasteiger partial charge in [-0.2, -0.15) is 0 Å². The van der Waals surface area contributed by atoms with Crippen LogP contribution in [0, 0.1) is 0 Å². The zero-order chi connectivity index (χ0) is 19.6. The molecular formula is C20H20N2O5. The Labute approximate surface area is 156 Å². The van der Waals surface area contributed by atoms with Gasteiger partial charge in [0.15, 0.2) is 0 Å². The molecule has 0 bridgehead atoms. The Kier molecular flexibility index (Phi) is 5.03. The Balaban J connectivity index is 2.11. The molecule has 0 atom stereocenters. The summed E-state index contributed by atoms with van der Waals surface area (Å²) in [6.07, 6.45) is 3.63. The standard InChI is InChI=1S/C20H20N2O5/c1-12(4-3-9-23)7-8-22-15-10-13(24)11-17(26)19(15)21-18-14(20(22)27)5-2-6-16(18)25/h2,5-7,9-11,21,24-26H,3-4,8H2,1H3/b12-7+. The van der Waals surface area contributed by atoms with E-state index in [-0.39, 0.29) is 46.4 Å². The molecule has 4 N–H and O–H groups in total. The highest BCUT2D eigenvalue weighted by Gasteiger charge is 2.29. The van der Waals surface area contributed by atoms with E-state index in [0.717, 1.165) is 17.9 Å².